The molecule has 0 radical (unpaired) electrons. The van der Waals surface area contributed by atoms with Gasteiger partial charge in [-0.2, -0.15) is 0 Å². The second-order valence-electron chi connectivity index (χ2n) is 3.26. The lowest BCUT2D eigenvalue weighted by Gasteiger charge is -2.06. The Hall–Kier alpha value is -1.75. The third kappa shape index (κ3) is 2.25. The molecule has 0 fully saturated rings. The normalized spacial score (nSPS) is 10.1. The van der Waals surface area contributed by atoms with Gasteiger partial charge >= 0.3 is 0 Å². The van der Waals surface area contributed by atoms with Crippen molar-refractivity contribution in [3.05, 3.63) is 29.3 Å². The third-order valence-corrected chi connectivity index (χ3v) is 2.84. The first-order chi connectivity index (χ1) is 7.69. The van der Waals surface area contributed by atoms with Gasteiger partial charge in [-0.05, 0) is 19.1 Å². The number of rotatable bonds is 3. The first-order valence-corrected chi connectivity index (χ1v) is 5.60. The smallest absolute Gasteiger partial charge is 0.278 e. The molecule has 0 aliphatic heterocycles. The van der Waals surface area contributed by atoms with Crippen molar-refractivity contribution < 1.29 is 9.47 Å². The summed E-state index contributed by atoms with van der Waals surface area (Å²) >= 11 is 1.45. The second kappa shape index (κ2) is 4.40. The fourth-order valence-corrected chi connectivity index (χ4v) is 1.92. The van der Waals surface area contributed by atoms with Gasteiger partial charge in [0.15, 0.2) is 0 Å². The predicted molar refractivity (Wildman–Crippen MR) is 64.3 cm³/mol. The molecule has 2 aromatic rings. The fraction of sp³-hybridized carbons (Fsp3) is 0.182. The molecule has 0 bridgehead atoms. The minimum absolute atomic E-state index is 0.549. The highest BCUT2D eigenvalue weighted by atomic mass is 32.1. The number of ether oxygens (including phenoxy) is 2. The van der Waals surface area contributed by atoms with E-state index >= 15 is 0 Å². The van der Waals surface area contributed by atoms with Crippen molar-refractivity contribution in [2.45, 2.75) is 6.92 Å². The van der Waals surface area contributed by atoms with Crippen LogP contribution in [0.1, 0.15) is 5.69 Å². The Morgan fingerprint density at radius 1 is 1.38 bits per heavy atom. The number of nitrogens with two attached hydrogens (primary N) is 1. The number of anilines is 1. The van der Waals surface area contributed by atoms with E-state index in [9.17, 15) is 0 Å². The van der Waals surface area contributed by atoms with Crippen LogP contribution < -0.4 is 15.2 Å². The van der Waals surface area contributed by atoms with Crippen molar-refractivity contribution in [3.63, 3.8) is 0 Å². The van der Waals surface area contributed by atoms with E-state index < -0.39 is 0 Å². The topological polar surface area (TPSA) is 57.4 Å². The molecule has 1 aromatic carbocycles. The van der Waals surface area contributed by atoms with Crippen molar-refractivity contribution in [1.29, 1.82) is 0 Å². The quantitative estimate of drug-likeness (QED) is 0.832. The Kier molecular flexibility index (Phi) is 2.96. The van der Waals surface area contributed by atoms with Crippen LogP contribution in [0.25, 0.3) is 0 Å². The zero-order chi connectivity index (χ0) is 11.5. The Morgan fingerprint density at radius 2 is 2.19 bits per heavy atom. The van der Waals surface area contributed by atoms with Crippen molar-refractivity contribution in [3.8, 4) is 16.7 Å². The van der Waals surface area contributed by atoms with Gasteiger partial charge in [0.1, 0.15) is 11.5 Å². The van der Waals surface area contributed by atoms with Gasteiger partial charge in [0.05, 0.1) is 18.5 Å². The van der Waals surface area contributed by atoms with Crippen molar-refractivity contribution >= 4 is 17.0 Å². The van der Waals surface area contributed by atoms with Gasteiger partial charge in [-0.1, -0.05) is 11.3 Å². The van der Waals surface area contributed by atoms with E-state index in [1.807, 2.05) is 12.3 Å². The third-order valence-electron chi connectivity index (χ3n) is 2.00. The summed E-state index contributed by atoms with van der Waals surface area (Å²) in [7, 11) is 1.58. The summed E-state index contributed by atoms with van der Waals surface area (Å²) in [6.07, 6.45) is 0. The molecule has 0 spiro atoms. The molecule has 0 saturated carbocycles. The highest BCUT2D eigenvalue weighted by Gasteiger charge is 2.04. The summed E-state index contributed by atoms with van der Waals surface area (Å²) in [5, 5.41) is 2.55. The summed E-state index contributed by atoms with van der Waals surface area (Å²) in [5.74, 6) is 1.30. The van der Waals surface area contributed by atoms with E-state index in [0.29, 0.717) is 22.4 Å². The number of hydrogen-bond acceptors (Lipinski definition) is 5. The number of nitrogen functional groups attached to an aromatic ring is 1. The molecule has 4 nitrogen and oxygen atoms in total. The lowest BCUT2D eigenvalue weighted by molar-refractivity contribution is 0.415. The molecule has 2 N–H and O–H groups in total. The summed E-state index contributed by atoms with van der Waals surface area (Å²) in [6.45, 7) is 1.92. The number of thiazole rings is 1. The lowest BCUT2D eigenvalue weighted by atomic mass is 10.3. The first-order valence-electron chi connectivity index (χ1n) is 4.72. The van der Waals surface area contributed by atoms with Crippen LogP contribution >= 0.6 is 11.3 Å². The molecule has 0 aliphatic carbocycles. The standard InChI is InChI=1S/C11H12N2O2S/c1-7-6-16-11(13-7)15-8-3-4-10(14-2)9(12)5-8/h3-6H,12H2,1-2H3. The van der Waals surface area contributed by atoms with E-state index in [2.05, 4.69) is 4.98 Å². The number of aromatic nitrogens is 1. The molecule has 1 aromatic heterocycles. The monoisotopic (exact) mass is 236 g/mol. The van der Waals surface area contributed by atoms with Crippen molar-refractivity contribution in [1.82, 2.24) is 4.98 Å². The van der Waals surface area contributed by atoms with E-state index in [4.69, 9.17) is 15.2 Å². The number of nitrogens with zero attached hydrogens (tertiary/aromatic N) is 1. The van der Waals surface area contributed by atoms with Crippen LogP contribution in [0.3, 0.4) is 0 Å². The number of aryl methyl sites for hydroxylation is 1. The largest absolute Gasteiger partial charge is 0.495 e. The zero-order valence-electron chi connectivity index (χ0n) is 9.06. The van der Waals surface area contributed by atoms with Gasteiger partial charge in [-0.3, -0.25) is 0 Å². The minimum Gasteiger partial charge on any atom is -0.495 e. The molecule has 5 heteroatoms. The van der Waals surface area contributed by atoms with Gasteiger partial charge in [-0.25, -0.2) is 4.98 Å². The van der Waals surface area contributed by atoms with Crippen LogP contribution in [0.5, 0.6) is 16.7 Å². The Bertz CT molecular complexity index is 496. The van der Waals surface area contributed by atoms with Gasteiger partial charge in [0, 0.05) is 11.4 Å². The highest BCUT2D eigenvalue weighted by Crippen LogP contribution is 2.30. The Morgan fingerprint density at radius 3 is 2.75 bits per heavy atom. The lowest BCUT2D eigenvalue weighted by Crippen LogP contribution is -1.93. The van der Waals surface area contributed by atoms with E-state index in [1.54, 1.807) is 25.3 Å². The van der Waals surface area contributed by atoms with Crippen LogP contribution in [0.2, 0.25) is 0 Å². The number of hydrogen-bond donors (Lipinski definition) is 1. The Balaban J connectivity index is 2.19. The predicted octanol–water partition coefficient (Wildman–Crippen LogP) is 2.83. The van der Waals surface area contributed by atoms with Crippen molar-refractivity contribution in [2.24, 2.45) is 0 Å². The minimum atomic E-state index is 0.549. The van der Waals surface area contributed by atoms with Gasteiger partial charge in [0.2, 0.25) is 0 Å². The number of benzene rings is 1. The fourth-order valence-electron chi connectivity index (χ4n) is 1.26. The molecular weight excluding hydrogens is 224 g/mol. The van der Waals surface area contributed by atoms with E-state index in [1.165, 1.54) is 11.3 Å². The molecule has 2 rings (SSSR count). The van der Waals surface area contributed by atoms with Crippen LogP contribution in [0.4, 0.5) is 5.69 Å². The maximum atomic E-state index is 5.77. The number of methoxy groups -OCH3 is 1. The van der Waals surface area contributed by atoms with Gasteiger partial charge in [0.25, 0.3) is 5.19 Å². The molecular formula is C11H12N2O2S. The van der Waals surface area contributed by atoms with Gasteiger partial charge < -0.3 is 15.2 Å². The zero-order valence-corrected chi connectivity index (χ0v) is 9.88. The summed E-state index contributed by atoms with van der Waals surface area (Å²) in [6, 6.07) is 5.28. The molecule has 0 aliphatic rings. The summed E-state index contributed by atoms with van der Waals surface area (Å²) in [4.78, 5) is 4.20. The van der Waals surface area contributed by atoms with Crippen molar-refractivity contribution in [2.75, 3.05) is 12.8 Å². The average Bonchev–Trinajstić information content (AvgIpc) is 2.64. The van der Waals surface area contributed by atoms with Crippen LogP contribution in [-0.4, -0.2) is 12.1 Å². The molecule has 0 amide bonds. The Labute approximate surface area is 97.6 Å². The highest BCUT2D eigenvalue weighted by molar-refractivity contribution is 7.11. The maximum absolute atomic E-state index is 5.77. The second-order valence-corrected chi connectivity index (χ2v) is 4.08. The van der Waals surface area contributed by atoms with Gasteiger partial charge in [-0.15, -0.1) is 0 Å². The summed E-state index contributed by atoms with van der Waals surface area (Å²) in [5.41, 5.74) is 7.26. The molecule has 0 saturated heterocycles. The van der Waals surface area contributed by atoms with E-state index in [0.717, 1.165) is 5.69 Å². The maximum Gasteiger partial charge on any atom is 0.278 e. The molecule has 16 heavy (non-hydrogen) atoms. The molecule has 84 valence electrons. The van der Waals surface area contributed by atoms with Crippen LogP contribution in [-0.2, 0) is 0 Å². The van der Waals surface area contributed by atoms with Crippen LogP contribution in [0, 0.1) is 6.92 Å². The average molecular weight is 236 g/mol. The SMILES string of the molecule is COc1ccc(Oc2nc(C)cs2)cc1N. The molecule has 1 heterocycles. The molecule has 0 unspecified atom stereocenters. The molecule has 0 atom stereocenters. The van der Waals surface area contributed by atoms with E-state index in [-0.39, 0.29) is 0 Å². The first kappa shape index (κ1) is 10.8. The summed E-state index contributed by atoms with van der Waals surface area (Å²) < 4.78 is 10.6. The van der Waals surface area contributed by atoms with Crippen LogP contribution in [0.15, 0.2) is 23.6 Å².